The van der Waals surface area contributed by atoms with E-state index in [1.54, 1.807) is 12.3 Å². The Balaban J connectivity index is 2.55. The molecule has 0 saturated carbocycles. The molecule has 0 fully saturated rings. The fourth-order valence-corrected chi connectivity index (χ4v) is 1.01. The molecule has 0 aliphatic heterocycles. The number of hydroxylamine groups is 1. The highest BCUT2D eigenvalue weighted by atomic mass is 16.7. The van der Waals surface area contributed by atoms with Gasteiger partial charge in [-0.1, -0.05) is 6.07 Å². The number of hydrogen-bond acceptors (Lipinski definition) is 4. The summed E-state index contributed by atoms with van der Waals surface area (Å²) < 4.78 is 0. The van der Waals surface area contributed by atoms with Crippen LogP contribution in [-0.2, 0) is 11.4 Å². The van der Waals surface area contributed by atoms with Crippen LogP contribution >= 0.6 is 0 Å². The Morgan fingerprint density at radius 2 is 2.27 bits per heavy atom. The Bertz CT molecular complexity index is 363. The Hall–Kier alpha value is -1.44. The summed E-state index contributed by atoms with van der Waals surface area (Å²) in [7, 11) is 0. The van der Waals surface area contributed by atoms with Crippen LogP contribution in [0.1, 0.15) is 32.0 Å². The monoisotopic (exact) mass is 205 g/mol. The molecule has 1 heterocycles. The molecule has 4 heteroatoms. The van der Waals surface area contributed by atoms with Gasteiger partial charge in [0.05, 0.1) is 5.60 Å². The number of nitrogens with zero attached hydrogens (tertiary/aromatic N) is 2. The van der Waals surface area contributed by atoms with E-state index in [4.69, 9.17) is 10.1 Å². The Kier molecular flexibility index (Phi) is 3.78. The molecule has 0 radical (unpaired) electrons. The van der Waals surface area contributed by atoms with Gasteiger partial charge in [-0.15, -0.1) is 0 Å². The van der Waals surface area contributed by atoms with Gasteiger partial charge in [0, 0.05) is 18.3 Å². The standard InChI is InChI=1S/C11H15N3O/c1-11(2,3)15-14-8-9-5-4-6-13-10(9)7-12/h4-6,14H,8H2,1-3H3. The minimum absolute atomic E-state index is 0.241. The van der Waals surface area contributed by atoms with E-state index in [1.807, 2.05) is 32.9 Å². The molecule has 4 nitrogen and oxygen atoms in total. The molecule has 0 saturated heterocycles. The molecule has 0 spiro atoms. The lowest BCUT2D eigenvalue weighted by atomic mass is 10.2. The van der Waals surface area contributed by atoms with E-state index < -0.39 is 0 Å². The van der Waals surface area contributed by atoms with Gasteiger partial charge in [0.2, 0.25) is 0 Å². The first-order chi connectivity index (χ1) is 7.03. The molecule has 0 unspecified atom stereocenters. The van der Waals surface area contributed by atoms with E-state index in [0.29, 0.717) is 12.2 Å². The number of pyridine rings is 1. The lowest BCUT2D eigenvalue weighted by Crippen LogP contribution is -2.29. The summed E-state index contributed by atoms with van der Waals surface area (Å²) in [5.41, 5.74) is 3.85. The van der Waals surface area contributed by atoms with Gasteiger partial charge >= 0.3 is 0 Å². The van der Waals surface area contributed by atoms with Crippen LogP contribution in [0.25, 0.3) is 0 Å². The molecule has 1 N–H and O–H groups in total. The van der Waals surface area contributed by atoms with E-state index in [-0.39, 0.29) is 5.60 Å². The van der Waals surface area contributed by atoms with Gasteiger partial charge in [-0.3, -0.25) is 4.84 Å². The van der Waals surface area contributed by atoms with E-state index in [9.17, 15) is 0 Å². The van der Waals surface area contributed by atoms with E-state index in [1.165, 1.54) is 0 Å². The number of nitriles is 1. The van der Waals surface area contributed by atoms with Crippen molar-refractivity contribution in [1.29, 1.82) is 5.26 Å². The lowest BCUT2D eigenvalue weighted by Gasteiger charge is -2.19. The molecule has 0 aliphatic carbocycles. The molecule has 0 atom stereocenters. The molecule has 80 valence electrons. The fourth-order valence-electron chi connectivity index (χ4n) is 1.01. The molecule has 1 rings (SSSR count). The molecule has 1 aromatic rings. The first kappa shape index (κ1) is 11.6. The van der Waals surface area contributed by atoms with Crippen LogP contribution in [0.3, 0.4) is 0 Å². The van der Waals surface area contributed by atoms with Gasteiger partial charge in [0.1, 0.15) is 11.8 Å². The topological polar surface area (TPSA) is 57.9 Å². The Morgan fingerprint density at radius 1 is 1.53 bits per heavy atom. The molecule has 0 amide bonds. The second-order valence-corrected chi connectivity index (χ2v) is 4.16. The van der Waals surface area contributed by atoms with Gasteiger partial charge in [-0.2, -0.15) is 10.7 Å². The predicted octanol–water partition coefficient (Wildman–Crippen LogP) is 1.77. The van der Waals surface area contributed by atoms with E-state index >= 15 is 0 Å². The van der Waals surface area contributed by atoms with Crippen LogP contribution in [0, 0.1) is 11.3 Å². The minimum Gasteiger partial charge on any atom is -0.296 e. The van der Waals surface area contributed by atoms with Gasteiger partial charge in [0.25, 0.3) is 0 Å². The molecule has 0 bridgehead atoms. The maximum absolute atomic E-state index is 8.80. The van der Waals surface area contributed by atoms with Crippen LogP contribution in [0.2, 0.25) is 0 Å². The van der Waals surface area contributed by atoms with E-state index in [2.05, 4.69) is 10.5 Å². The van der Waals surface area contributed by atoms with Crippen molar-refractivity contribution in [3.63, 3.8) is 0 Å². The summed E-state index contributed by atoms with van der Waals surface area (Å²) >= 11 is 0. The number of hydrogen-bond donors (Lipinski definition) is 1. The van der Waals surface area contributed by atoms with Crippen molar-refractivity contribution in [3.05, 3.63) is 29.6 Å². The maximum Gasteiger partial charge on any atom is 0.144 e. The van der Waals surface area contributed by atoms with Gasteiger partial charge in [0.15, 0.2) is 0 Å². The zero-order chi connectivity index (χ0) is 11.3. The highest BCUT2D eigenvalue weighted by molar-refractivity contribution is 5.30. The second-order valence-electron chi connectivity index (χ2n) is 4.16. The molecule has 15 heavy (non-hydrogen) atoms. The van der Waals surface area contributed by atoms with Crippen LogP contribution in [0.4, 0.5) is 0 Å². The second kappa shape index (κ2) is 4.87. The zero-order valence-electron chi connectivity index (χ0n) is 9.24. The molecule has 0 aromatic carbocycles. The summed E-state index contributed by atoms with van der Waals surface area (Å²) in [5.74, 6) is 0. The van der Waals surface area contributed by atoms with Crippen molar-refractivity contribution >= 4 is 0 Å². The predicted molar refractivity (Wildman–Crippen MR) is 56.6 cm³/mol. The SMILES string of the molecule is CC(C)(C)ONCc1cccnc1C#N. The Labute approximate surface area is 89.9 Å². The van der Waals surface area contributed by atoms with E-state index in [0.717, 1.165) is 5.56 Å². The van der Waals surface area contributed by atoms with Crippen LogP contribution in [-0.4, -0.2) is 10.6 Å². The highest BCUT2D eigenvalue weighted by Gasteiger charge is 2.10. The smallest absolute Gasteiger partial charge is 0.144 e. The van der Waals surface area contributed by atoms with Crippen molar-refractivity contribution in [2.75, 3.05) is 0 Å². The summed E-state index contributed by atoms with van der Waals surface area (Å²) in [6, 6.07) is 5.69. The molecular weight excluding hydrogens is 190 g/mol. The third-order valence-corrected chi connectivity index (χ3v) is 1.64. The molecular formula is C11H15N3O. The van der Waals surface area contributed by atoms with Gasteiger partial charge < -0.3 is 0 Å². The maximum atomic E-state index is 8.80. The summed E-state index contributed by atoms with van der Waals surface area (Å²) in [4.78, 5) is 9.30. The van der Waals surface area contributed by atoms with Crippen LogP contribution < -0.4 is 5.48 Å². The van der Waals surface area contributed by atoms with Crippen molar-refractivity contribution in [2.24, 2.45) is 0 Å². The third-order valence-electron chi connectivity index (χ3n) is 1.64. The van der Waals surface area contributed by atoms with Gasteiger partial charge in [-0.05, 0) is 26.8 Å². The summed E-state index contributed by atoms with van der Waals surface area (Å²) in [6.07, 6.45) is 1.60. The molecule has 0 aliphatic rings. The van der Waals surface area contributed by atoms with Crippen LogP contribution in [0.5, 0.6) is 0 Å². The first-order valence-electron chi connectivity index (χ1n) is 4.78. The van der Waals surface area contributed by atoms with Crippen molar-refractivity contribution in [1.82, 2.24) is 10.5 Å². The average molecular weight is 205 g/mol. The van der Waals surface area contributed by atoms with Crippen molar-refractivity contribution < 1.29 is 4.84 Å². The summed E-state index contributed by atoms with van der Waals surface area (Å²) in [5, 5.41) is 8.80. The fraction of sp³-hybridized carbons (Fsp3) is 0.455. The van der Waals surface area contributed by atoms with Crippen molar-refractivity contribution in [3.8, 4) is 6.07 Å². The molecule has 1 aromatic heterocycles. The first-order valence-corrected chi connectivity index (χ1v) is 4.78. The number of rotatable bonds is 3. The quantitative estimate of drug-likeness (QED) is 0.764. The number of nitrogens with one attached hydrogen (secondary N) is 1. The normalized spacial score (nSPS) is 11.1. The largest absolute Gasteiger partial charge is 0.296 e. The average Bonchev–Trinajstić information content (AvgIpc) is 2.16. The van der Waals surface area contributed by atoms with Gasteiger partial charge in [-0.25, -0.2) is 4.98 Å². The lowest BCUT2D eigenvalue weighted by molar-refractivity contribution is -0.0758. The third kappa shape index (κ3) is 4.07. The number of aromatic nitrogens is 1. The van der Waals surface area contributed by atoms with Crippen molar-refractivity contribution in [2.45, 2.75) is 32.9 Å². The highest BCUT2D eigenvalue weighted by Crippen LogP contribution is 2.07. The minimum atomic E-state index is -0.241. The summed E-state index contributed by atoms with van der Waals surface area (Å²) in [6.45, 7) is 6.34. The zero-order valence-corrected chi connectivity index (χ0v) is 9.24. The Morgan fingerprint density at radius 3 is 2.87 bits per heavy atom. The van der Waals surface area contributed by atoms with Crippen LogP contribution in [0.15, 0.2) is 18.3 Å².